The van der Waals surface area contributed by atoms with Crippen LogP contribution in [0, 0.1) is 19.8 Å². The molecule has 0 spiro atoms. The number of aryl methyl sites for hydroxylation is 2. The molecule has 12 nitrogen and oxygen atoms in total. The molecule has 0 aliphatic carbocycles. The lowest BCUT2D eigenvalue weighted by Crippen LogP contribution is -2.58. The normalized spacial score (nSPS) is 24.0. The summed E-state index contributed by atoms with van der Waals surface area (Å²) in [7, 11) is 0. The molecule has 3 heterocycles. The highest BCUT2D eigenvalue weighted by molar-refractivity contribution is 5.97. The lowest BCUT2D eigenvalue weighted by molar-refractivity contribution is -0.142. The molecule has 5 amide bonds. The first kappa shape index (κ1) is 31.6. The van der Waals surface area contributed by atoms with Crippen LogP contribution in [0.1, 0.15) is 61.2 Å². The van der Waals surface area contributed by atoms with Crippen LogP contribution in [-0.2, 0) is 25.6 Å². The number of hydrogen-bond acceptors (Lipinski definition) is 7. The number of nitrogens with zero attached hydrogens (tertiary/aromatic N) is 4. The number of carbonyl (C=O) groups excluding carboxylic acids is 5. The quantitative estimate of drug-likeness (QED) is 0.478. The van der Waals surface area contributed by atoms with Crippen molar-refractivity contribution in [3.05, 3.63) is 59.2 Å². The average molecular weight is 592 g/mol. The second-order valence-electron chi connectivity index (χ2n) is 11.7. The van der Waals surface area contributed by atoms with Crippen molar-refractivity contribution in [2.75, 3.05) is 19.6 Å². The topological polar surface area (TPSA) is 154 Å². The number of nitrogens with one attached hydrogen (secondary N) is 3. The van der Waals surface area contributed by atoms with Crippen molar-refractivity contribution in [3.8, 4) is 0 Å². The van der Waals surface area contributed by atoms with E-state index in [0.29, 0.717) is 37.3 Å². The third-order valence-corrected chi connectivity index (χ3v) is 7.75. The van der Waals surface area contributed by atoms with E-state index < -0.39 is 53.7 Å². The maximum absolute atomic E-state index is 13.8. The van der Waals surface area contributed by atoms with Gasteiger partial charge in [-0.2, -0.15) is 0 Å². The van der Waals surface area contributed by atoms with Gasteiger partial charge in [0.15, 0.2) is 0 Å². The highest BCUT2D eigenvalue weighted by atomic mass is 16.2. The van der Waals surface area contributed by atoms with Crippen LogP contribution in [-0.4, -0.2) is 93.1 Å². The molecule has 0 radical (unpaired) electrons. The fraction of sp³-hybridized carbons (Fsp3) is 0.516. The van der Waals surface area contributed by atoms with Crippen LogP contribution < -0.4 is 16.0 Å². The number of amides is 5. The van der Waals surface area contributed by atoms with Gasteiger partial charge in [-0.05, 0) is 57.6 Å². The molecule has 4 atom stereocenters. The first-order valence-electron chi connectivity index (χ1n) is 14.8. The highest BCUT2D eigenvalue weighted by Gasteiger charge is 2.39. The highest BCUT2D eigenvalue weighted by Crippen LogP contribution is 2.20. The minimum absolute atomic E-state index is 0.0230. The van der Waals surface area contributed by atoms with Gasteiger partial charge in [0.2, 0.25) is 23.6 Å². The van der Waals surface area contributed by atoms with Crippen molar-refractivity contribution in [2.24, 2.45) is 5.92 Å². The fourth-order valence-electron chi connectivity index (χ4n) is 5.68. The summed E-state index contributed by atoms with van der Waals surface area (Å²) >= 11 is 0. The van der Waals surface area contributed by atoms with Crippen molar-refractivity contribution >= 4 is 29.5 Å². The maximum atomic E-state index is 13.8. The third kappa shape index (κ3) is 7.94. The number of hydrogen-bond donors (Lipinski definition) is 3. The molecule has 2 fully saturated rings. The molecule has 2 saturated heterocycles. The Kier molecular flexibility index (Phi) is 10.1. The summed E-state index contributed by atoms with van der Waals surface area (Å²) in [5.74, 6) is -2.10. The first-order chi connectivity index (χ1) is 20.4. The van der Waals surface area contributed by atoms with E-state index in [2.05, 4.69) is 25.9 Å². The van der Waals surface area contributed by atoms with E-state index in [0.717, 1.165) is 5.56 Å². The summed E-state index contributed by atoms with van der Waals surface area (Å²) in [6.07, 6.45) is 1.45. The minimum Gasteiger partial charge on any atom is -0.349 e. The summed E-state index contributed by atoms with van der Waals surface area (Å²) < 4.78 is 0. The van der Waals surface area contributed by atoms with Gasteiger partial charge in [-0.15, -0.1) is 0 Å². The molecule has 230 valence electrons. The number of benzene rings is 1. The van der Waals surface area contributed by atoms with E-state index in [9.17, 15) is 24.0 Å². The molecule has 0 bridgehead atoms. The van der Waals surface area contributed by atoms with Crippen LogP contribution in [0.15, 0.2) is 36.4 Å². The number of aromatic nitrogens is 2. The van der Waals surface area contributed by atoms with Crippen LogP contribution in [0.25, 0.3) is 0 Å². The Morgan fingerprint density at radius 2 is 1.72 bits per heavy atom. The zero-order chi connectivity index (χ0) is 31.3. The SMILES string of the molecule is Cc1cc(C(=O)N2CC(=O)N[C@@H](C)C(=O)N3CCC[C@@H]3C(=O)N[C@@H](C(C)C)C(=O)N[C@@H](Cc3ccccc3)C2)nc(C)n1. The molecule has 4 rings (SSSR count). The van der Waals surface area contributed by atoms with Crippen molar-refractivity contribution < 1.29 is 24.0 Å². The molecule has 0 unspecified atom stereocenters. The average Bonchev–Trinajstić information content (AvgIpc) is 3.44. The van der Waals surface area contributed by atoms with E-state index in [1.165, 1.54) is 9.80 Å². The predicted molar refractivity (Wildman–Crippen MR) is 159 cm³/mol. The molecule has 1 aromatic heterocycles. The number of rotatable bonds is 4. The van der Waals surface area contributed by atoms with Crippen molar-refractivity contribution in [3.63, 3.8) is 0 Å². The van der Waals surface area contributed by atoms with Crippen LogP contribution in [0.5, 0.6) is 0 Å². The van der Waals surface area contributed by atoms with Crippen molar-refractivity contribution in [1.82, 2.24) is 35.7 Å². The molecular formula is C31H41N7O5. The molecule has 0 saturated carbocycles. The lowest BCUT2D eigenvalue weighted by Gasteiger charge is -2.30. The molecule has 12 heteroatoms. The Morgan fingerprint density at radius 1 is 1.00 bits per heavy atom. The number of carbonyl (C=O) groups is 5. The molecule has 1 aromatic carbocycles. The Bertz CT molecular complexity index is 1350. The van der Waals surface area contributed by atoms with E-state index in [1.807, 2.05) is 44.2 Å². The Balaban J connectivity index is 1.74. The van der Waals surface area contributed by atoms with Crippen molar-refractivity contribution in [2.45, 2.75) is 78.0 Å². The van der Waals surface area contributed by atoms with Crippen LogP contribution in [0.2, 0.25) is 0 Å². The molecule has 43 heavy (non-hydrogen) atoms. The Morgan fingerprint density at radius 3 is 2.40 bits per heavy atom. The second kappa shape index (κ2) is 13.7. The summed E-state index contributed by atoms with van der Waals surface area (Å²) in [6, 6.07) is 7.89. The third-order valence-electron chi connectivity index (χ3n) is 7.75. The van der Waals surface area contributed by atoms with E-state index in [1.54, 1.807) is 26.8 Å². The van der Waals surface area contributed by atoms with Gasteiger partial charge in [0.1, 0.15) is 29.6 Å². The lowest BCUT2D eigenvalue weighted by atomic mass is 10.00. The predicted octanol–water partition coefficient (Wildman–Crippen LogP) is 0.913. The molecular weight excluding hydrogens is 550 g/mol. The van der Waals surface area contributed by atoms with Crippen LogP contribution >= 0.6 is 0 Å². The monoisotopic (exact) mass is 591 g/mol. The Hall–Kier alpha value is -4.35. The van der Waals surface area contributed by atoms with Gasteiger partial charge in [0.05, 0.1) is 12.6 Å². The van der Waals surface area contributed by atoms with Gasteiger partial charge in [-0.25, -0.2) is 9.97 Å². The maximum Gasteiger partial charge on any atom is 0.273 e. The van der Waals surface area contributed by atoms with Crippen molar-refractivity contribution in [1.29, 1.82) is 0 Å². The van der Waals surface area contributed by atoms with Gasteiger partial charge < -0.3 is 25.8 Å². The first-order valence-corrected chi connectivity index (χ1v) is 14.8. The van der Waals surface area contributed by atoms with Gasteiger partial charge in [0, 0.05) is 18.8 Å². The van der Waals surface area contributed by atoms with E-state index >= 15 is 0 Å². The molecule has 2 aliphatic rings. The van der Waals surface area contributed by atoms with Gasteiger partial charge >= 0.3 is 0 Å². The van der Waals surface area contributed by atoms with Gasteiger partial charge in [-0.1, -0.05) is 44.2 Å². The van der Waals surface area contributed by atoms with Crippen LogP contribution in [0.4, 0.5) is 0 Å². The smallest absolute Gasteiger partial charge is 0.273 e. The van der Waals surface area contributed by atoms with Crippen LogP contribution in [0.3, 0.4) is 0 Å². The zero-order valence-electron chi connectivity index (χ0n) is 25.4. The molecule has 2 aromatic rings. The minimum atomic E-state index is -0.924. The summed E-state index contributed by atoms with van der Waals surface area (Å²) in [6.45, 7) is 8.65. The molecule has 3 N–H and O–H groups in total. The van der Waals surface area contributed by atoms with Gasteiger partial charge in [-0.3, -0.25) is 24.0 Å². The summed E-state index contributed by atoms with van der Waals surface area (Å²) in [5.41, 5.74) is 1.64. The summed E-state index contributed by atoms with van der Waals surface area (Å²) in [4.78, 5) is 79.0. The molecule has 2 aliphatic heterocycles. The van der Waals surface area contributed by atoms with E-state index in [-0.39, 0.29) is 24.7 Å². The zero-order valence-corrected chi connectivity index (χ0v) is 25.4. The fourth-order valence-corrected chi connectivity index (χ4v) is 5.68. The standard InChI is InChI=1S/C31H41N7O5/c1-18(2)27-29(41)35-23(15-22-10-7-6-8-11-22)16-37(31(43)24-14-19(3)32-21(5)34-24)17-26(39)33-20(4)30(42)38-13-9-12-25(38)28(40)36-27/h6-8,10-11,14,18,20,23,25,27H,9,12-13,15-17H2,1-5H3,(H,33,39)(H,35,41)(H,36,40)/t20-,23-,25+,27-/m0/s1. The van der Waals surface area contributed by atoms with E-state index in [4.69, 9.17) is 0 Å². The largest absolute Gasteiger partial charge is 0.349 e. The Labute approximate surface area is 252 Å². The summed E-state index contributed by atoms with van der Waals surface area (Å²) in [5, 5.41) is 8.63. The van der Waals surface area contributed by atoms with Gasteiger partial charge in [0.25, 0.3) is 5.91 Å². The number of fused-ring (bicyclic) bond motifs is 1. The second-order valence-corrected chi connectivity index (χ2v) is 11.7.